The summed E-state index contributed by atoms with van der Waals surface area (Å²) < 4.78 is 11.3. The Morgan fingerprint density at radius 2 is 1.79 bits per heavy atom. The lowest BCUT2D eigenvalue weighted by atomic mass is 9.86. The first kappa shape index (κ1) is 25.6. The average Bonchev–Trinajstić information content (AvgIpc) is 3.33. The molecule has 6 nitrogen and oxygen atoms in total. The average molecular weight is 467 g/mol. The molecule has 1 atom stereocenters. The Bertz CT molecular complexity index is 976. The van der Waals surface area contributed by atoms with Crippen molar-refractivity contribution in [1.82, 2.24) is 10.2 Å². The number of ether oxygens (including phenoxy) is 2. The Balaban J connectivity index is 1.77. The van der Waals surface area contributed by atoms with Crippen LogP contribution >= 0.6 is 0 Å². The minimum absolute atomic E-state index is 0.117. The summed E-state index contributed by atoms with van der Waals surface area (Å²) in [7, 11) is 1.61. The maximum absolute atomic E-state index is 13.4. The Labute approximate surface area is 203 Å². The third-order valence-electron chi connectivity index (χ3n) is 6.40. The molecule has 3 rings (SSSR count). The van der Waals surface area contributed by atoms with Crippen LogP contribution in [0.3, 0.4) is 0 Å². The van der Waals surface area contributed by atoms with E-state index in [9.17, 15) is 9.59 Å². The largest absolute Gasteiger partial charge is 0.497 e. The molecule has 2 amide bonds. The zero-order chi connectivity index (χ0) is 24.7. The highest BCUT2D eigenvalue weighted by molar-refractivity contribution is 5.88. The number of nitrogens with one attached hydrogen (secondary N) is 1. The zero-order valence-electron chi connectivity index (χ0n) is 21.1. The van der Waals surface area contributed by atoms with E-state index in [4.69, 9.17) is 9.47 Å². The van der Waals surface area contributed by atoms with Gasteiger partial charge < -0.3 is 19.7 Å². The van der Waals surface area contributed by atoms with E-state index in [0.717, 1.165) is 36.8 Å². The van der Waals surface area contributed by atoms with Crippen molar-refractivity contribution < 1.29 is 19.1 Å². The van der Waals surface area contributed by atoms with E-state index in [2.05, 4.69) is 26.1 Å². The minimum Gasteiger partial charge on any atom is -0.497 e. The quantitative estimate of drug-likeness (QED) is 0.574. The van der Waals surface area contributed by atoms with E-state index in [-0.39, 0.29) is 29.9 Å². The second kappa shape index (κ2) is 11.4. The number of benzene rings is 2. The smallest absolute Gasteiger partial charge is 0.261 e. The molecule has 1 aliphatic rings. The lowest BCUT2D eigenvalue weighted by molar-refractivity contribution is -0.142. The van der Waals surface area contributed by atoms with Crippen LogP contribution < -0.4 is 14.8 Å². The summed E-state index contributed by atoms with van der Waals surface area (Å²) in [5, 5.41) is 3.13. The van der Waals surface area contributed by atoms with Crippen LogP contribution in [-0.2, 0) is 21.5 Å². The molecule has 0 spiro atoms. The Kier molecular flexibility index (Phi) is 8.59. The summed E-state index contributed by atoms with van der Waals surface area (Å²) in [6.45, 7) is 8.27. The van der Waals surface area contributed by atoms with Crippen LogP contribution in [-0.4, -0.2) is 42.5 Å². The van der Waals surface area contributed by atoms with Gasteiger partial charge in [0, 0.05) is 12.6 Å². The van der Waals surface area contributed by atoms with Crippen LogP contribution in [0.25, 0.3) is 0 Å². The minimum atomic E-state index is -0.624. The highest BCUT2D eigenvalue weighted by Gasteiger charge is 2.29. The zero-order valence-corrected chi connectivity index (χ0v) is 21.1. The van der Waals surface area contributed by atoms with Crippen molar-refractivity contribution >= 4 is 11.8 Å². The van der Waals surface area contributed by atoms with Crippen molar-refractivity contribution in [2.45, 2.75) is 77.4 Å². The maximum Gasteiger partial charge on any atom is 0.261 e. The van der Waals surface area contributed by atoms with E-state index < -0.39 is 6.04 Å². The van der Waals surface area contributed by atoms with E-state index in [1.165, 1.54) is 0 Å². The lowest BCUT2D eigenvalue weighted by Crippen LogP contribution is -2.50. The van der Waals surface area contributed by atoms with Gasteiger partial charge in [-0.3, -0.25) is 9.59 Å². The van der Waals surface area contributed by atoms with Crippen molar-refractivity contribution in [3.05, 3.63) is 59.7 Å². The van der Waals surface area contributed by atoms with Gasteiger partial charge in [0.25, 0.3) is 5.91 Å². The van der Waals surface area contributed by atoms with E-state index in [1.54, 1.807) is 18.9 Å². The second-order valence-corrected chi connectivity index (χ2v) is 10.1. The van der Waals surface area contributed by atoms with Gasteiger partial charge in [-0.1, -0.05) is 63.9 Å². The van der Waals surface area contributed by atoms with Crippen LogP contribution in [0, 0.1) is 0 Å². The molecule has 0 aromatic heterocycles. The summed E-state index contributed by atoms with van der Waals surface area (Å²) >= 11 is 0. The van der Waals surface area contributed by atoms with Crippen LogP contribution in [0.15, 0.2) is 48.5 Å². The van der Waals surface area contributed by atoms with Gasteiger partial charge >= 0.3 is 0 Å². The van der Waals surface area contributed by atoms with Gasteiger partial charge in [-0.05, 0) is 54.5 Å². The predicted octanol–water partition coefficient (Wildman–Crippen LogP) is 4.85. The molecule has 0 saturated heterocycles. The highest BCUT2D eigenvalue weighted by atomic mass is 16.5. The number of para-hydroxylation sites is 1. The number of carbonyl (C=O) groups excluding carboxylic acids is 2. The van der Waals surface area contributed by atoms with Crippen molar-refractivity contribution in [3.63, 3.8) is 0 Å². The summed E-state index contributed by atoms with van der Waals surface area (Å²) in [6.07, 6.45) is 4.25. The number of hydrogen-bond donors (Lipinski definition) is 1. The first-order chi connectivity index (χ1) is 16.2. The van der Waals surface area contributed by atoms with Crippen molar-refractivity contribution in [2.75, 3.05) is 13.7 Å². The molecule has 184 valence electrons. The number of hydrogen-bond acceptors (Lipinski definition) is 4. The molecule has 2 aromatic rings. The van der Waals surface area contributed by atoms with Crippen molar-refractivity contribution in [2.24, 2.45) is 0 Å². The van der Waals surface area contributed by atoms with E-state index in [0.29, 0.717) is 18.0 Å². The fourth-order valence-corrected chi connectivity index (χ4v) is 4.38. The standard InChI is InChI=1S/C28H38N2O4/c1-20(27(32)29-22-12-6-7-13-22)30(18-21-11-10-14-23(17-21)33-5)26(31)19-34-25-16-9-8-15-24(25)28(2,3)4/h8-11,14-17,20,22H,6-7,12-13,18-19H2,1-5H3,(H,29,32). The molecular weight excluding hydrogens is 428 g/mol. The van der Waals surface area contributed by atoms with Crippen molar-refractivity contribution in [1.29, 1.82) is 0 Å². The van der Waals surface area contributed by atoms with Gasteiger partial charge in [-0.2, -0.15) is 0 Å². The molecule has 1 saturated carbocycles. The Morgan fingerprint density at radius 3 is 2.47 bits per heavy atom. The third kappa shape index (κ3) is 6.75. The van der Waals surface area contributed by atoms with Crippen LogP contribution in [0.2, 0.25) is 0 Å². The maximum atomic E-state index is 13.4. The van der Waals surface area contributed by atoms with Crippen LogP contribution in [0.4, 0.5) is 0 Å². The van der Waals surface area contributed by atoms with Crippen LogP contribution in [0.5, 0.6) is 11.5 Å². The molecule has 1 unspecified atom stereocenters. The van der Waals surface area contributed by atoms with Crippen molar-refractivity contribution in [3.8, 4) is 11.5 Å². The van der Waals surface area contributed by atoms with E-state index >= 15 is 0 Å². The number of amides is 2. The van der Waals surface area contributed by atoms with Gasteiger partial charge in [-0.25, -0.2) is 0 Å². The second-order valence-electron chi connectivity index (χ2n) is 10.1. The third-order valence-corrected chi connectivity index (χ3v) is 6.40. The SMILES string of the molecule is COc1cccc(CN(C(=O)COc2ccccc2C(C)(C)C)C(C)C(=O)NC2CCCC2)c1. The number of nitrogens with zero attached hydrogens (tertiary/aromatic N) is 1. The van der Waals surface area contributed by atoms with Crippen LogP contribution in [0.1, 0.15) is 64.5 Å². The Morgan fingerprint density at radius 1 is 1.09 bits per heavy atom. The monoisotopic (exact) mass is 466 g/mol. The lowest BCUT2D eigenvalue weighted by Gasteiger charge is -2.30. The van der Waals surface area contributed by atoms with E-state index in [1.807, 2.05) is 48.5 Å². The topological polar surface area (TPSA) is 67.9 Å². The number of methoxy groups -OCH3 is 1. The Hall–Kier alpha value is -3.02. The summed E-state index contributed by atoms with van der Waals surface area (Å²) in [5.74, 6) is 1.04. The first-order valence-electron chi connectivity index (χ1n) is 12.1. The van der Waals surface area contributed by atoms with Gasteiger partial charge in [0.15, 0.2) is 6.61 Å². The molecule has 1 aliphatic carbocycles. The molecule has 2 aromatic carbocycles. The molecule has 0 bridgehead atoms. The van der Waals surface area contributed by atoms with Gasteiger partial charge in [0.05, 0.1) is 7.11 Å². The molecule has 34 heavy (non-hydrogen) atoms. The summed E-state index contributed by atoms with van der Waals surface area (Å²) in [5.41, 5.74) is 1.81. The molecule has 6 heteroatoms. The summed E-state index contributed by atoms with van der Waals surface area (Å²) in [6, 6.07) is 14.9. The normalized spacial score (nSPS) is 15.0. The predicted molar refractivity (Wildman–Crippen MR) is 134 cm³/mol. The number of carbonyl (C=O) groups is 2. The molecule has 1 N–H and O–H groups in total. The molecular formula is C28H38N2O4. The fraction of sp³-hybridized carbons (Fsp3) is 0.500. The van der Waals surface area contributed by atoms with Gasteiger partial charge in [0.1, 0.15) is 17.5 Å². The first-order valence-corrected chi connectivity index (χ1v) is 12.1. The van der Waals surface area contributed by atoms with Gasteiger partial charge in [0.2, 0.25) is 5.91 Å². The fourth-order valence-electron chi connectivity index (χ4n) is 4.38. The molecule has 1 fully saturated rings. The highest BCUT2D eigenvalue weighted by Crippen LogP contribution is 2.31. The molecule has 0 aliphatic heterocycles. The molecule has 0 radical (unpaired) electrons. The number of rotatable bonds is 9. The summed E-state index contributed by atoms with van der Waals surface area (Å²) in [4.78, 5) is 28.1. The van der Waals surface area contributed by atoms with Gasteiger partial charge in [-0.15, -0.1) is 0 Å². The molecule has 0 heterocycles.